The molecule has 3 heteroatoms. The van der Waals surface area contributed by atoms with Crippen molar-refractivity contribution in [3.63, 3.8) is 0 Å². The monoisotopic (exact) mass is 429 g/mol. The molecule has 3 rings (SSSR count). The smallest absolute Gasteiger partial charge is 0.0978 e. The van der Waals surface area contributed by atoms with Crippen molar-refractivity contribution in [2.45, 2.75) is 39.0 Å². The number of piperidine rings is 1. The van der Waals surface area contributed by atoms with E-state index in [0.29, 0.717) is 0 Å². The second-order valence-corrected chi connectivity index (χ2v) is 8.60. The predicted octanol–water partition coefficient (Wildman–Crippen LogP) is 3.63. The third-order valence-electron chi connectivity index (χ3n) is 5.87. The van der Waals surface area contributed by atoms with Gasteiger partial charge in [-0.15, -0.1) is 0 Å². The first-order valence-corrected chi connectivity index (χ1v) is 11.0. The molecule has 0 unspecified atom stereocenters. The van der Waals surface area contributed by atoms with Crippen molar-refractivity contribution in [1.29, 1.82) is 0 Å². The van der Waals surface area contributed by atoms with Gasteiger partial charge in [0.25, 0.3) is 0 Å². The average molecular weight is 430 g/mol. The fourth-order valence-corrected chi connectivity index (χ4v) is 4.35. The number of nitrogens with zero attached hydrogens (tertiary/aromatic N) is 1. The summed E-state index contributed by atoms with van der Waals surface area (Å²) in [6, 6.07) is 18.9. The quantitative estimate of drug-likeness (QED) is 0.443. The van der Waals surface area contributed by atoms with Crippen molar-refractivity contribution in [2.24, 2.45) is 0 Å². The molecule has 0 spiro atoms. The lowest BCUT2D eigenvalue weighted by molar-refractivity contribution is -0.921. The van der Waals surface area contributed by atoms with Crippen LogP contribution < -0.4 is 12.4 Å². The van der Waals surface area contributed by atoms with Gasteiger partial charge in [-0.3, -0.25) is 0 Å². The SMILES string of the molecule is C/C(=C\C[N+]1(C/C=C/Cc2ccccc2Cl)CCCCC1)Cc1ccccc1.[Cl-]. The molecule has 0 aromatic heterocycles. The zero-order chi connectivity index (χ0) is 19.7. The van der Waals surface area contributed by atoms with Gasteiger partial charge in [-0.05, 0) is 68.4 Å². The maximum Gasteiger partial charge on any atom is 0.0978 e. The third kappa shape index (κ3) is 7.66. The Balaban J connectivity index is 0.00000300. The van der Waals surface area contributed by atoms with E-state index in [4.69, 9.17) is 11.6 Å². The Morgan fingerprint density at radius 2 is 1.59 bits per heavy atom. The van der Waals surface area contributed by atoms with E-state index in [9.17, 15) is 0 Å². The fraction of sp³-hybridized carbons (Fsp3) is 0.385. The molecule has 0 amide bonds. The number of allylic oxidation sites excluding steroid dienone is 2. The predicted molar refractivity (Wildman–Crippen MR) is 122 cm³/mol. The fourth-order valence-electron chi connectivity index (χ4n) is 4.13. The van der Waals surface area contributed by atoms with Crippen molar-refractivity contribution >= 4 is 11.6 Å². The maximum atomic E-state index is 6.28. The number of likely N-dealkylation sites (tertiary alicyclic amines) is 1. The van der Waals surface area contributed by atoms with E-state index >= 15 is 0 Å². The van der Waals surface area contributed by atoms with E-state index in [-0.39, 0.29) is 12.4 Å². The molecule has 0 bridgehead atoms. The summed E-state index contributed by atoms with van der Waals surface area (Å²) in [4.78, 5) is 0. The zero-order valence-corrected chi connectivity index (χ0v) is 19.0. The van der Waals surface area contributed by atoms with Gasteiger partial charge in [-0.2, -0.15) is 0 Å². The normalized spacial score (nSPS) is 16.6. The molecule has 1 fully saturated rings. The van der Waals surface area contributed by atoms with Gasteiger partial charge in [0.1, 0.15) is 0 Å². The summed E-state index contributed by atoms with van der Waals surface area (Å²) in [5.41, 5.74) is 4.10. The van der Waals surface area contributed by atoms with Crippen LogP contribution in [0.15, 0.2) is 78.4 Å². The Morgan fingerprint density at radius 3 is 2.31 bits per heavy atom. The first-order chi connectivity index (χ1) is 13.7. The van der Waals surface area contributed by atoms with Crippen molar-refractivity contribution < 1.29 is 16.9 Å². The van der Waals surface area contributed by atoms with E-state index in [1.165, 1.54) is 53.5 Å². The highest BCUT2D eigenvalue weighted by atomic mass is 35.5. The minimum Gasteiger partial charge on any atom is -1.00 e. The van der Waals surface area contributed by atoms with Crippen LogP contribution >= 0.6 is 11.6 Å². The minimum atomic E-state index is 0. The minimum absolute atomic E-state index is 0. The Bertz CT molecular complexity index is 789. The first kappa shape index (κ1) is 23.7. The zero-order valence-electron chi connectivity index (χ0n) is 17.5. The van der Waals surface area contributed by atoms with Crippen LogP contribution in [0.4, 0.5) is 0 Å². The average Bonchev–Trinajstić information content (AvgIpc) is 2.73. The highest BCUT2D eigenvalue weighted by Gasteiger charge is 2.27. The molecule has 0 N–H and O–H groups in total. The van der Waals surface area contributed by atoms with Gasteiger partial charge >= 0.3 is 0 Å². The lowest BCUT2D eigenvalue weighted by atomic mass is 10.0. The molecule has 0 atom stereocenters. The Labute approximate surface area is 188 Å². The first-order valence-electron chi connectivity index (χ1n) is 10.6. The molecule has 0 saturated carbocycles. The summed E-state index contributed by atoms with van der Waals surface area (Å²) in [6.45, 7) is 7.15. The van der Waals surface area contributed by atoms with Gasteiger partial charge < -0.3 is 16.9 Å². The lowest BCUT2D eigenvalue weighted by Gasteiger charge is -2.40. The van der Waals surface area contributed by atoms with Gasteiger partial charge in [-0.1, -0.05) is 71.8 Å². The summed E-state index contributed by atoms with van der Waals surface area (Å²) < 4.78 is 1.20. The number of hydrogen-bond acceptors (Lipinski definition) is 0. The van der Waals surface area contributed by atoms with Crippen LogP contribution in [0.2, 0.25) is 5.02 Å². The lowest BCUT2D eigenvalue weighted by Crippen LogP contribution is -3.00. The van der Waals surface area contributed by atoms with Crippen molar-refractivity contribution in [3.8, 4) is 0 Å². The van der Waals surface area contributed by atoms with E-state index in [1.807, 2.05) is 12.1 Å². The van der Waals surface area contributed by atoms with Gasteiger partial charge in [0, 0.05) is 5.02 Å². The molecule has 1 aliphatic rings. The summed E-state index contributed by atoms with van der Waals surface area (Å²) in [6.07, 6.45) is 13.2. The Morgan fingerprint density at radius 1 is 0.897 bits per heavy atom. The van der Waals surface area contributed by atoms with Crippen LogP contribution in [0, 0.1) is 0 Å². The summed E-state index contributed by atoms with van der Waals surface area (Å²) >= 11 is 6.28. The highest BCUT2D eigenvalue weighted by Crippen LogP contribution is 2.21. The largest absolute Gasteiger partial charge is 1.00 e. The molecular weight excluding hydrogens is 397 g/mol. The summed E-state index contributed by atoms with van der Waals surface area (Å²) in [7, 11) is 0. The second kappa shape index (κ2) is 12.2. The van der Waals surface area contributed by atoms with Gasteiger partial charge in [0.2, 0.25) is 0 Å². The van der Waals surface area contributed by atoms with E-state index in [2.05, 4.69) is 67.6 Å². The number of hydrogen-bond donors (Lipinski definition) is 0. The molecule has 156 valence electrons. The van der Waals surface area contributed by atoms with Crippen LogP contribution in [-0.2, 0) is 12.8 Å². The molecular formula is C26H33Cl2N. The van der Waals surface area contributed by atoms with Crippen LogP contribution in [0.5, 0.6) is 0 Å². The molecule has 2 aromatic rings. The molecule has 2 aromatic carbocycles. The van der Waals surface area contributed by atoms with Crippen LogP contribution in [0.25, 0.3) is 0 Å². The number of halogens is 2. The third-order valence-corrected chi connectivity index (χ3v) is 6.24. The molecule has 1 aliphatic heterocycles. The van der Waals surface area contributed by atoms with Crippen molar-refractivity contribution in [2.75, 3.05) is 26.2 Å². The van der Waals surface area contributed by atoms with Crippen LogP contribution in [0.1, 0.15) is 37.3 Å². The van der Waals surface area contributed by atoms with Gasteiger partial charge in [-0.25, -0.2) is 0 Å². The van der Waals surface area contributed by atoms with Gasteiger partial charge in [0.15, 0.2) is 0 Å². The Kier molecular flexibility index (Phi) is 10.0. The second-order valence-electron chi connectivity index (χ2n) is 8.19. The van der Waals surface area contributed by atoms with E-state index in [1.54, 1.807) is 0 Å². The van der Waals surface area contributed by atoms with Crippen LogP contribution in [-0.4, -0.2) is 30.7 Å². The molecule has 29 heavy (non-hydrogen) atoms. The van der Waals surface area contributed by atoms with Crippen molar-refractivity contribution in [1.82, 2.24) is 0 Å². The molecule has 1 nitrogen and oxygen atoms in total. The summed E-state index contributed by atoms with van der Waals surface area (Å²) in [5, 5.41) is 0.869. The highest BCUT2D eigenvalue weighted by molar-refractivity contribution is 6.31. The van der Waals surface area contributed by atoms with Crippen LogP contribution in [0.3, 0.4) is 0 Å². The van der Waals surface area contributed by atoms with E-state index < -0.39 is 0 Å². The molecule has 1 saturated heterocycles. The molecule has 1 heterocycles. The maximum absolute atomic E-state index is 6.28. The standard InChI is InChI=1S/C26H33ClN.ClH/c1-23(22-24-12-4-2-5-13-24)17-21-28(18-9-3-10-19-28)20-11-8-15-25-14-6-7-16-26(25)27;/h2,4-8,11-14,16-17H,3,9-10,15,18-22H2,1H3;1H/q+1;/p-1/b11-8+,23-17+;. The summed E-state index contributed by atoms with van der Waals surface area (Å²) in [5.74, 6) is 0. The number of rotatable bonds is 8. The molecule has 0 radical (unpaired) electrons. The van der Waals surface area contributed by atoms with Gasteiger partial charge in [0.05, 0.1) is 26.2 Å². The number of quaternary nitrogens is 1. The number of benzene rings is 2. The van der Waals surface area contributed by atoms with E-state index in [0.717, 1.165) is 31.0 Å². The molecule has 0 aliphatic carbocycles. The van der Waals surface area contributed by atoms with Crippen molar-refractivity contribution in [3.05, 3.63) is 94.5 Å². The Hall–Kier alpha value is -1.54. The topological polar surface area (TPSA) is 0 Å².